The highest BCUT2D eigenvalue weighted by Crippen LogP contribution is 2.23. The Hall–Kier alpha value is -1.48. The smallest absolute Gasteiger partial charge is 0.330 e. The fourth-order valence-electron chi connectivity index (χ4n) is 1.07. The van der Waals surface area contributed by atoms with Crippen LogP contribution in [0.15, 0.2) is 18.2 Å². The zero-order valence-electron chi connectivity index (χ0n) is 8.58. The maximum Gasteiger partial charge on any atom is 0.330 e. The van der Waals surface area contributed by atoms with Gasteiger partial charge in [0.25, 0.3) is 0 Å². The normalized spacial score (nSPS) is 10.6. The van der Waals surface area contributed by atoms with Gasteiger partial charge in [-0.15, -0.1) is 0 Å². The quantitative estimate of drug-likeness (QED) is 0.478. The van der Waals surface area contributed by atoms with Gasteiger partial charge in [0, 0.05) is 16.8 Å². The van der Waals surface area contributed by atoms with Crippen LogP contribution in [0.5, 0.6) is 0 Å². The molecule has 0 saturated heterocycles. The average Bonchev–Trinajstić information content (AvgIpc) is 2.21. The molecule has 0 aliphatic rings. The number of ether oxygens (including phenoxy) is 1. The zero-order valence-corrected chi connectivity index (χ0v) is 9.34. The molecule has 0 saturated carbocycles. The Morgan fingerprint density at radius 1 is 1.53 bits per heavy atom. The second-order valence-electron chi connectivity index (χ2n) is 3.09. The number of carbonyl (C=O) groups is 1. The van der Waals surface area contributed by atoms with Crippen molar-refractivity contribution < 1.29 is 9.53 Å². The van der Waals surface area contributed by atoms with E-state index >= 15 is 0 Å². The Labute approximate surface area is 93.5 Å². The minimum Gasteiger partial charge on any atom is -0.466 e. The van der Waals surface area contributed by atoms with Gasteiger partial charge >= 0.3 is 5.97 Å². The standard InChI is InChI=1S/C11H12ClNO2/c1-7-5-8(3-4-11(14)15-2)9(12)6-10(7)13/h3-6H,13H2,1-2H3. The molecule has 0 atom stereocenters. The lowest BCUT2D eigenvalue weighted by molar-refractivity contribution is -0.134. The van der Waals surface area contributed by atoms with Crippen LogP contribution in [0, 0.1) is 6.92 Å². The molecule has 0 spiro atoms. The first-order valence-corrected chi connectivity index (χ1v) is 4.74. The SMILES string of the molecule is COC(=O)C=Cc1cc(C)c(N)cc1Cl. The first-order chi connectivity index (χ1) is 7.04. The van der Waals surface area contributed by atoms with Crippen molar-refractivity contribution in [2.24, 2.45) is 0 Å². The number of aryl methyl sites for hydroxylation is 1. The summed E-state index contributed by atoms with van der Waals surface area (Å²) < 4.78 is 4.47. The summed E-state index contributed by atoms with van der Waals surface area (Å²) in [5.41, 5.74) is 7.97. The van der Waals surface area contributed by atoms with Gasteiger partial charge in [0.2, 0.25) is 0 Å². The largest absolute Gasteiger partial charge is 0.466 e. The van der Waals surface area contributed by atoms with Crippen molar-refractivity contribution >= 4 is 29.3 Å². The topological polar surface area (TPSA) is 52.3 Å². The molecule has 0 aliphatic heterocycles. The minimum absolute atomic E-state index is 0.416. The summed E-state index contributed by atoms with van der Waals surface area (Å²) in [5, 5.41) is 0.512. The van der Waals surface area contributed by atoms with E-state index in [4.69, 9.17) is 17.3 Å². The van der Waals surface area contributed by atoms with Crippen molar-refractivity contribution in [3.63, 3.8) is 0 Å². The van der Waals surface area contributed by atoms with Gasteiger partial charge < -0.3 is 10.5 Å². The number of nitrogen functional groups attached to an aromatic ring is 1. The monoisotopic (exact) mass is 225 g/mol. The lowest BCUT2D eigenvalue weighted by atomic mass is 10.1. The summed E-state index contributed by atoms with van der Waals surface area (Å²) in [6.07, 6.45) is 2.91. The third-order valence-corrected chi connectivity index (χ3v) is 2.31. The van der Waals surface area contributed by atoms with Crippen molar-refractivity contribution in [1.29, 1.82) is 0 Å². The van der Waals surface area contributed by atoms with Gasteiger partial charge in [0.05, 0.1) is 7.11 Å². The zero-order chi connectivity index (χ0) is 11.4. The molecule has 3 nitrogen and oxygen atoms in total. The molecule has 1 aromatic carbocycles. The van der Waals surface area contributed by atoms with E-state index < -0.39 is 5.97 Å². The number of nitrogens with two attached hydrogens (primary N) is 1. The van der Waals surface area contributed by atoms with Crippen LogP contribution in [0.25, 0.3) is 6.08 Å². The number of carbonyl (C=O) groups excluding carboxylic acids is 1. The number of methoxy groups -OCH3 is 1. The minimum atomic E-state index is -0.416. The first kappa shape index (κ1) is 11.6. The van der Waals surface area contributed by atoms with E-state index in [9.17, 15) is 4.79 Å². The van der Waals surface area contributed by atoms with Gasteiger partial charge in [-0.1, -0.05) is 11.6 Å². The highest BCUT2D eigenvalue weighted by Gasteiger charge is 2.01. The second-order valence-corrected chi connectivity index (χ2v) is 3.49. The number of esters is 1. The van der Waals surface area contributed by atoms with Gasteiger partial charge in [-0.2, -0.15) is 0 Å². The number of anilines is 1. The van der Waals surface area contributed by atoms with E-state index in [1.54, 1.807) is 12.1 Å². The summed E-state index contributed by atoms with van der Waals surface area (Å²) in [4.78, 5) is 10.9. The van der Waals surface area contributed by atoms with Crippen molar-refractivity contribution in [3.8, 4) is 0 Å². The molecule has 0 heterocycles. The molecular weight excluding hydrogens is 214 g/mol. The predicted octanol–water partition coefficient (Wildman–Crippen LogP) is 2.42. The van der Waals surface area contributed by atoms with Crippen molar-refractivity contribution in [2.75, 3.05) is 12.8 Å². The van der Waals surface area contributed by atoms with E-state index in [0.29, 0.717) is 10.7 Å². The third kappa shape index (κ3) is 2.99. The highest BCUT2D eigenvalue weighted by molar-refractivity contribution is 6.32. The molecule has 0 radical (unpaired) electrons. The van der Waals surface area contributed by atoms with E-state index in [1.807, 2.05) is 13.0 Å². The van der Waals surface area contributed by atoms with Gasteiger partial charge in [-0.05, 0) is 36.3 Å². The molecule has 0 amide bonds. The van der Waals surface area contributed by atoms with Crippen LogP contribution in [-0.2, 0) is 9.53 Å². The molecule has 1 rings (SSSR count). The summed E-state index contributed by atoms with van der Waals surface area (Å²) >= 11 is 5.94. The van der Waals surface area contributed by atoms with E-state index in [2.05, 4.69) is 4.74 Å². The number of benzene rings is 1. The van der Waals surface area contributed by atoms with Gasteiger partial charge in [0.1, 0.15) is 0 Å². The molecule has 0 bridgehead atoms. The lowest BCUT2D eigenvalue weighted by Crippen LogP contribution is -1.94. The number of hydrogen-bond acceptors (Lipinski definition) is 3. The molecule has 4 heteroatoms. The van der Waals surface area contributed by atoms with E-state index in [-0.39, 0.29) is 0 Å². The van der Waals surface area contributed by atoms with Gasteiger partial charge in [-0.25, -0.2) is 4.79 Å². The molecule has 0 unspecified atom stereocenters. The fourth-order valence-corrected chi connectivity index (χ4v) is 1.31. The Morgan fingerprint density at radius 2 is 2.20 bits per heavy atom. The van der Waals surface area contributed by atoms with Crippen LogP contribution in [0.1, 0.15) is 11.1 Å². The summed E-state index contributed by atoms with van der Waals surface area (Å²) in [7, 11) is 1.32. The molecule has 2 N–H and O–H groups in total. The van der Waals surface area contributed by atoms with Crippen LogP contribution >= 0.6 is 11.6 Å². The molecule has 0 fully saturated rings. The van der Waals surface area contributed by atoms with Crippen molar-refractivity contribution in [2.45, 2.75) is 6.92 Å². The van der Waals surface area contributed by atoms with E-state index in [1.165, 1.54) is 13.2 Å². The van der Waals surface area contributed by atoms with Crippen LogP contribution in [0.2, 0.25) is 5.02 Å². The van der Waals surface area contributed by atoms with Crippen LogP contribution in [-0.4, -0.2) is 13.1 Å². The second kappa shape index (κ2) is 4.84. The summed E-state index contributed by atoms with van der Waals surface area (Å²) in [6, 6.07) is 3.48. The first-order valence-electron chi connectivity index (χ1n) is 4.36. The van der Waals surface area contributed by atoms with Gasteiger partial charge in [-0.3, -0.25) is 0 Å². The summed E-state index contributed by atoms with van der Waals surface area (Å²) in [5.74, 6) is -0.416. The highest BCUT2D eigenvalue weighted by atomic mass is 35.5. The van der Waals surface area contributed by atoms with Crippen LogP contribution in [0.3, 0.4) is 0 Å². The Kier molecular flexibility index (Phi) is 3.74. The van der Waals surface area contributed by atoms with Crippen molar-refractivity contribution in [1.82, 2.24) is 0 Å². The number of rotatable bonds is 2. The van der Waals surface area contributed by atoms with Crippen LogP contribution < -0.4 is 5.73 Å². The molecule has 80 valence electrons. The Balaban J connectivity index is 3.00. The average molecular weight is 226 g/mol. The van der Waals surface area contributed by atoms with Gasteiger partial charge in [0.15, 0.2) is 0 Å². The Bertz CT molecular complexity index is 413. The molecule has 0 aliphatic carbocycles. The third-order valence-electron chi connectivity index (χ3n) is 1.99. The van der Waals surface area contributed by atoms with Crippen LogP contribution in [0.4, 0.5) is 5.69 Å². The maximum atomic E-state index is 10.9. The molecule has 1 aromatic rings. The maximum absolute atomic E-state index is 10.9. The predicted molar refractivity (Wildman–Crippen MR) is 61.7 cm³/mol. The van der Waals surface area contributed by atoms with Crippen molar-refractivity contribution in [3.05, 3.63) is 34.4 Å². The number of hydrogen-bond donors (Lipinski definition) is 1. The molecule has 15 heavy (non-hydrogen) atoms. The summed E-state index contributed by atoms with van der Waals surface area (Å²) in [6.45, 7) is 1.88. The molecule has 0 aromatic heterocycles. The Morgan fingerprint density at radius 3 is 2.80 bits per heavy atom. The van der Waals surface area contributed by atoms with E-state index in [0.717, 1.165) is 11.1 Å². The number of halogens is 1. The lowest BCUT2D eigenvalue weighted by Gasteiger charge is -2.03. The molecular formula is C11H12ClNO2. The fraction of sp³-hybridized carbons (Fsp3) is 0.182.